The summed E-state index contributed by atoms with van der Waals surface area (Å²) in [6.07, 6.45) is 5.81. The molecule has 0 spiro atoms. The summed E-state index contributed by atoms with van der Waals surface area (Å²) < 4.78 is 18.9. The molecule has 29 heavy (non-hydrogen) atoms. The molecule has 1 aliphatic heterocycles. The first-order valence-electron chi connectivity index (χ1n) is 9.86. The molecule has 4 rings (SSSR count). The van der Waals surface area contributed by atoms with Crippen LogP contribution in [0, 0.1) is 11.7 Å². The fourth-order valence-electron chi connectivity index (χ4n) is 4.05. The summed E-state index contributed by atoms with van der Waals surface area (Å²) in [5.41, 5.74) is 5.04. The predicted octanol–water partition coefficient (Wildman–Crippen LogP) is 4.38. The smallest absolute Gasteiger partial charge is 0.230 e. The maximum absolute atomic E-state index is 13.8. The lowest BCUT2D eigenvalue weighted by Crippen LogP contribution is -2.27. The first kappa shape index (κ1) is 19.2. The van der Waals surface area contributed by atoms with E-state index in [0.29, 0.717) is 18.7 Å². The Morgan fingerprint density at radius 2 is 2.14 bits per heavy atom. The molecule has 0 saturated carbocycles. The van der Waals surface area contributed by atoms with E-state index in [4.69, 9.17) is 4.74 Å². The van der Waals surface area contributed by atoms with E-state index in [2.05, 4.69) is 29.3 Å². The van der Waals surface area contributed by atoms with Crippen molar-refractivity contribution in [1.29, 1.82) is 0 Å². The Kier molecular flexibility index (Phi) is 5.34. The largest absolute Gasteiger partial charge is 0.497 e. The van der Waals surface area contributed by atoms with Crippen LogP contribution in [0.4, 0.5) is 10.1 Å². The van der Waals surface area contributed by atoms with Crippen molar-refractivity contribution in [2.24, 2.45) is 5.92 Å². The van der Waals surface area contributed by atoms with Crippen molar-refractivity contribution in [3.63, 3.8) is 0 Å². The zero-order chi connectivity index (χ0) is 20.4. The molecule has 0 bridgehead atoms. The third-order valence-corrected chi connectivity index (χ3v) is 5.56. The van der Waals surface area contributed by atoms with Gasteiger partial charge in [0.15, 0.2) is 0 Å². The van der Waals surface area contributed by atoms with Crippen LogP contribution in [-0.4, -0.2) is 29.8 Å². The number of carbonyl (C=O) groups is 1. The number of rotatable bonds is 6. The van der Waals surface area contributed by atoms with Gasteiger partial charge in [-0.25, -0.2) is 4.39 Å². The molecule has 1 aromatic heterocycles. The Morgan fingerprint density at radius 1 is 1.28 bits per heavy atom. The number of anilines is 1. The number of ether oxygens (including phenoxy) is 1. The van der Waals surface area contributed by atoms with Gasteiger partial charge in [-0.3, -0.25) is 9.89 Å². The topological polar surface area (TPSA) is 58.2 Å². The second-order valence-electron chi connectivity index (χ2n) is 7.36. The number of nitrogens with one attached hydrogen (secondary N) is 1. The monoisotopic (exact) mass is 393 g/mol. The molecular formula is C23H24FN3O2. The predicted molar refractivity (Wildman–Crippen MR) is 111 cm³/mol. The lowest BCUT2D eigenvalue weighted by atomic mass is 9.97. The molecule has 1 amide bonds. The van der Waals surface area contributed by atoms with Gasteiger partial charge < -0.3 is 9.64 Å². The number of H-pyrrole nitrogens is 1. The molecule has 5 nitrogen and oxygen atoms in total. The number of amides is 1. The number of carbonyl (C=O) groups excluding carboxylic acids is 1. The van der Waals surface area contributed by atoms with E-state index in [1.807, 2.05) is 17.2 Å². The first-order valence-corrected chi connectivity index (χ1v) is 9.86. The highest BCUT2D eigenvalue weighted by atomic mass is 19.1. The number of methoxy groups -OCH3 is 1. The van der Waals surface area contributed by atoms with Crippen LogP contribution in [0.5, 0.6) is 5.75 Å². The van der Waals surface area contributed by atoms with Gasteiger partial charge in [0.2, 0.25) is 5.91 Å². The van der Waals surface area contributed by atoms with Crippen molar-refractivity contribution < 1.29 is 13.9 Å². The van der Waals surface area contributed by atoms with Gasteiger partial charge in [0, 0.05) is 36.0 Å². The third kappa shape index (κ3) is 3.88. The van der Waals surface area contributed by atoms with Gasteiger partial charge in [-0.2, -0.15) is 5.10 Å². The molecule has 1 aliphatic rings. The van der Waals surface area contributed by atoms with Crippen molar-refractivity contribution >= 4 is 11.6 Å². The van der Waals surface area contributed by atoms with Crippen molar-refractivity contribution in [3.8, 4) is 16.9 Å². The Labute approximate surface area is 169 Å². The Bertz CT molecular complexity index is 1020. The Morgan fingerprint density at radius 3 is 2.86 bits per heavy atom. The molecule has 1 N–H and O–H groups in total. The van der Waals surface area contributed by atoms with Crippen molar-refractivity contribution in [2.75, 3.05) is 18.6 Å². The minimum Gasteiger partial charge on any atom is -0.497 e. The minimum absolute atomic E-state index is 0.0892. The average molecular weight is 393 g/mol. The van der Waals surface area contributed by atoms with E-state index in [1.54, 1.807) is 12.3 Å². The van der Waals surface area contributed by atoms with Crippen LogP contribution in [0.2, 0.25) is 0 Å². The quantitative estimate of drug-likeness (QED) is 0.676. The van der Waals surface area contributed by atoms with E-state index >= 15 is 0 Å². The summed E-state index contributed by atoms with van der Waals surface area (Å²) in [5, 5.41) is 6.88. The van der Waals surface area contributed by atoms with Gasteiger partial charge in [0.05, 0.1) is 13.3 Å². The van der Waals surface area contributed by atoms with E-state index in [0.717, 1.165) is 35.2 Å². The lowest BCUT2D eigenvalue weighted by Gasteiger charge is -2.19. The molecular weight excluding hydrogens is 369 g/mol. The molecule has 1 fully saturated rings. The maximum atomic E-state index is 13.8. The number of aryl methyl sites for hydroxylation is 1. The molecule has 150 valence electrons. The maximum Gasteiger partial charge on any atom is 0.230 e. The minimum atomic E-state index is -0.343. The number of benzene rings is 2. The first-order chi connectivity index (χ1) is 14.1. The summed E-state index contributed by atoms with van der Waals surface area (Å²) in [6, 6.07) is 10.8. The molecule has 3 aromatic rings. The van der Waals surface area contributed by atoms with E-state index in [1.165, 1.54) is 24.8 Å². The highest BCUT2D eigenvalue weighted by Crippen LogP contribution is 2.32. The number of hydrogen-bond donors (Lipinski definition) is 1. The number of aromatic nitrogens is 2. The average Bonchev–Trinajstić information content (AvgIpc) is 3.38. The summed E-state index contributed by atoms with van der Waals surface area (Å²) in [7, 11) is 1.51. The fraction of sp³-hybridized carbons (Fsp3) is 0.304. The molecule has 1 atom stereocenters. The van der Waals surface area contributed by atoms with Crippen molar-refractivity contribution in [1.82, 2.24) is 10.2 Å². The van der Waals surface area contributed by atoms with Crippen LogP contribution in [0.1, 0.15) is 24.5 Å². The van der Waals surface area contributed by atoms with Gasteiger partial charge in [0.25, 0.3) is 0 Å². The van der Waals surface area contributed by atoms with Crippen LogP contribution < -0.4 is 9.64 Å². The summed E-state index contributed by atoms with van der Waals surface area (Å²) >= 11 is 0. The second-order valence-corrected chi connectivity index (χ2v) is 7.36. The van der Waals surface area contributed by atoms with Crippen LogP contribution in [0.25, 0.3) is 11.1 Å². The van der Waals surface area contributed by atoms with Crippen LogP contribution >= 0.6 is 0 Å². The second kappa shape index (κ2) is 8.07. The van der Waals surface area contributed by atoms with Crippen LogP contribution in [0.3, 0.4) is 0 Å². The molecule has 0 aliphatic carbocycles. The van der Waals surface area contributed by atoms with Crippen LogP contribution in [-0.2, 0) is 17.6 Å². The van der Waals surface area contributed by atoms with Crippen molar-refractivity contribution in [2.45, 2.75) is 26.2 Å². The Hall–Kier alpha value is -3.15. The van der Waals surface area contributed by atoms with Gasteiger partial charge in [-0.1, -0.05) is 13.0 Å². The molecule has 6 heteroatoms. The molecule has 2 aromatic carbocycles. The summed E-state index contributed by atoms with van der Waals surface area (Å²) in [6.45, 7) is 2.78. The lowest BCUT2D eigenvalue weighted by molar-refractivity contribution is -0.120. The third-order valence-electron chi connectivity index (χ3n) is 5.56. The van der Waals surface area contributed by atoms with Gasteiger partial charge >= 0.3 is 0 Å². The molecule has 0 radical (unpaired) electrons. The highest BCUT2D eigenvalue weighted by Gasteiger charge is 2.33. The highest BCUT2D eigenvalue weighted by molar-refractivity contribution is 5.97. The zero-order valence-electron chi connectivity index (χ0n) is 16.6. The van der Waals surface area contributed by atoms with E-state index in [-0.39, 0.29) is 17.6 Å². The van der Waals surface area contributed by atoms with Gasteiger partial charge in [-0.05, 0) is 60.2 Å². The number of halogens is 1. The number of aromatic amines is 1. The van der Waals surface area contributed by atoms with Gasteiger partial charge in [0.1, 0.15) is 11.6 Å². The standard InChI is InChI=1S/C23H24FN3O2/c1-3-16-11-20(4-5-22(16)18-13-25-26-14-18)27-7-6-17(23(27)28)8-15-9-19(24)12-21(10-15)29-2/h4-5,9-14,17H,3,6-8H2,1-2H3,(H,25,26). The van der Waals surface area contributed by atoms with E-state index in [9.17, 15) is 9.18 Å². The van der Waals surface area contributed by atoms with Gasteiger partial charge in [-0.15, -0.1) is 0 Å². The molecule has 1 saturated heterocycles. The zero-order valence-corrected chi connectivity index (χ0v) is 16.6. The van der Waals surface area contributed by atoms with E-state index < -0.39 is 0 Å². The normalized spacial score (nSPS) is 16.4. The summed E-state index contributed by atoms with van der Waals surface area (Å²) in [5.74, 6) is 0.0697. The molecule has 2 heterocycles. The number of hydrogen-bond acceptors (Lipinski definition) is 3. The summed E-state index contributed by atoms with van der Waals surface area (Å²) in [4.78, 5) is 14.9. The SMILES string of the molecule is CCc1cc(N2CCC(Cc3cc(F)cc(OC)c3)C2=O)ccc1-c1cn[nH]c1. The van der Waals surface area contributed by atoms with Crippen LogP contribution in [0.15, 0.2) is 48.8 Å². The van der Waals surface area contributed by atoms with Crippen molar-refractivity contribution in [3.05, 3.63) is 65.7 Å². The fourth-order valence-corrected chi connectivity index (χ4v) is 4.05. The number of nitrogens with zero attached hydrogens (tertiary/aromatic N) is 2. The Balaban J connectivity index is 1.54. The molecule has 1 unspecified atom stereocenters.